The van der Waals surface area contributed by atoms with Gasteiger partial charge in [-0.2, -0.15) is 13.2 Å². The Morgan fingerprint density at radius 2 is 1.60 bits per heavy atom. The Kier molecular flexibility index (Phi) is 7.74. The number of rotatable bonds is 4. The molecule has 1 rings (SSSR count). The van der Waals surface area contributed by atoms with E-state index in [0.29, 0.717) is 0 Å². The molecular formula is C12H18F3NO3S. The zero-order chi connectivity index (χ0) is 15.8. The Hall–Kier alpha value is -1.15. The summed E-state index contributed by atoms with van der Waals surface area (Å²) in [5.41, 5.74) is -4.20. The van der Waals surface area contributed by atoms with Crippen molar-refractivity contribution >= 4 is 10.1 Å². The van der Waals surface area contributed by atoms with Crippen molar-refractivity contribution < 1.29 is 30.7 Å². The summed E-state index contributed by atoms with van der Waals surface area (Å²) in [4.78, 5) is 0. The summed E-state index contributed by atoms with van der Waals surface area (Å²) in [5, 5.41) is 0. The van der Waals surface area contributed by atoms with Crippen molar-refractivity contribution in [1.82, 2.24) is 0 Å². The Bertz CT molecular complexity index is 459. The van der Waals surface area contributed by atoms with Crippen LogP contribution in [-0.4, -0.2) is 18.5 Å². The second-order valence-corrected chi connectivity index (χ2v) is 5.47. The van der Waals surface area contributed by atoms with E-state index in [1.807, 2.05) is 0 Å². The third-order valence-electron chi connectivity index (χ3n) is 2.26. The third kappa shape index (κ3) is 7.44. The normalized spacial score (nSPS) is 11.7. The smallest absolute Gasteiger partial charge is 0.485 e. The van der Waals surface area contributed by atoms with Crippen molar-refractivity contribution in [2.24, 2.45) is 0 Å². The molecule has 0 spiro atoms. The van der Waals surface area contributed by atoms with Crippen molar-refractivity contribution in [2.45, 2.75) is 45.2 Å². The van der Waals surface area contributed by atoms with E-state index in [9.17, 15) is 13.2 Å². The van der Waals surface area contributed by atoms with Gasteiger partial charge in [-0.15, -0.1) is 0 Å². The first kappa shape index (κ1) is 18.9. The molecule has 0 radical (unpaired) electrons. The quantitative estimate of drug-likeness (QED) is 0.487. The lowest BCUT2D eigenvalue weighted by atomic mass is 10.1. The van der Waals surface area contributed by atoms with Crippen LogP contribution in [0.25, 0.3) is 0 Å². The van der Waals surface area contributed by atoms with Gasteiger partial charge in [-0.05, 0) is 12.0 Å². The molecule has 1 aromatic rings. The van der Waals surface area contributed by atoms with Crippen LogP contribution in [-0.2, 0) is 23.1 Å². The topological polar surface area (TPSA) is 61.1 Å². The maximum atomic E-state index is 10.7. The van der Waals surface area contributed by atoms with Gasteiger partial charge >= 0.3 is 5.51 Å². The Morgan fingerprint density at radius 1 is 1.15 bits per heavy atom. The summed E-state index contributed by atoms with van der Waals surface area (Å²) in [6.45, 7) is 5.55. The van der Waals surface area contributed by atoms with Crippen molar-refractivity contribution in [3.05, 3.63) is 30.1 Å². The first-order valence-electron chi connectivity index (χ1n) is 6.12. The molecule has 0 N–H and O–H groups in total. The number of nitrogens with zero attached hydrogens (tertiary/aromatic N) is 1. The van der Waals surface area contributed by atoms with Gasteiger partial charge in [0.1, 0.15) is 6.54 Å². The second kappa shape index (κ2) is 8.21. The number of hydrogen-bond donors (Lipinski definition) is 0. The molecule has 0 fully saturated rings. The summed E-state index contributed by atoms with van der Waals surface area (Å²) < 4.78 is 61.1. The van der Waals surface area contributed by atoms with Gasteiger partial charge in [0.2, 0.25) is 0 Å². The van der Waals surface area contributed by atoms with Gasteiger partial charge in [-0.25, -0.2) is 13.0 Å². The second-order valence-electron chi connectivity index (χ2n) is 4.09. The zero-order valence-corrected chi connectivity index (χ0v) is 12.2. The maximum Gasteiger partial charge on any atom is 0.485 e. The summed E-state index contributed by atoms with van der Waals surface area (Å²) in [5.74, 6) is 0. The van der Waals surface area contributed by atoms with Gasteiger partial charge in [0.05, 0.1) is 0 Å². The Labute approximate surface area is 117 Å². The Morgan fingerprint density at radius 3 is 1.90 bits per heavy atom. The lowest BCUT2D eigenvalue weighted by molar-refractivity contribution is -0.697. The highest BCUT2D eigenvalue weighted by atomic mass is 32.2. The van der Waals surface area contributed by atoms with Crippen LogP contribution in [0.15, 0.2) is 24.5 Å². The molecule has 8 heteroatoms. The van der Waals surface area contributed by atoms with E-state index >= 15 is 0 Å². The van der Waals surface area contributed by atoms with Gasteiger partial charge in [-0.3, -0.25) is 0 Å². The largest absolute Gasteiger partial charge is 0.741 e. The number of alkyl halides is 3. The zero-order valence-electron chi connectivity index (χ0n) is 11.4. The van der Waals surface area contributed by atoms with Crippen LogP contribution in [0.2, 0.25) is 0 Å². The molecule has 0 aliphatic carbocycles. The van der Waals surface area contributed by atoms with Crippen molar-refractivity contribution in [2.75, 3.05) is 0 Å². The molecule has 0 saturated heterocycles. The number of aromatic nitrogens is 1. The number of aryl methyl sites for hydroxylation is 2. The monoisotopic (exact) mass is 313 g/mol. The molecule has 4 nitrogen and oxygen atoms in total. The molecule has 20 heavy (non-hydrogen) atoms. The molecule has 1 aromatic heterocycles. The molecule has 0 saturated carbocycles. The molecule has 0 amide bonds. The lowest BCUT2D eigenvalue weighted by Gasteiger charge is -2.08. The van der Waals surface area contributed by atoms with Gasteiger partial charge < -0.3 is 4.55 Å². The molecule has 0 aromatic carbocycles. The molecule has 0 atom stereocenters. The minimum absolute atomic E-state index is 1.13. The predicted octanol–water partition coefficient (Wildman–Crippen LogP) is 2.39. The highest BCUT2D eigenvalue weighted by Crippen LogP contribution is 2.20. The predicted molar refractivity (Wildman–Crippen MR) is 66.7 cm³/mol. The fourth-order valence-corrected chi connectivity index (χ4v) is 1.35. The SMILES string of the molecule is CCCc1cc[n+](CCC)cc1.O=S(=O)([O-])C(F)(F)F. The van der Waals surface area contributed by atoms with Crippen LogP contribution in [0.5, 0.6) is 0 Å². The molecule has 0 aliphatic heterocycles. The molecule has 1 heterocycles. The standard InChI is InChI=1S/C11H18N.CHF3O3S/c1-3-5-11-6-9-12(8-4-2)10-7-11;2-1(3,4)8(5,6)7/h6-7,9-10H,3-5,8H2,1-2H3;(H,5,6,7)/q+1;/p-1. The van der Waals surface area contributed by atoms with Gasteiger partial charge in [-0.1, -0.05) is 20.3 Å². The Balaban J connectivity index is 0.000000396. The highest BCUT2D eigenvalue weighted by molar-refractivity contribution is 7.86. The van der Waals surface area contributed by atoms with Crippen molar-refractivity contribution in [3.8, 4) is 0 Å². The maximum absolute atomic E-state index is 10.7. The van der Waals surface area contributed by atoms with Gasteiger partial charge in [0, 0.05) is 18.6 Å². The minimum atomic E-state index is -6.09. The van der Waals surface area contributed by atoms with Crippen LogP contribution < -0.4 is 4.57 Å². The average molecular weight is 313 g/mol. The van der Waals surface area contributed by atoms with E-state index in [1.54, 1.807) is 0 Å². The molecular weight excluding hydrogens is 295 g/mol. The van der Waals surface area contributed by atoms with Crippen LogP contribution in [0.4, 0.5) is 13.2 Å². The minimum Gasteiger partial charge on any atom is -0.741 e. The molecule has 0 aliphatic rings. The van der Waals surface area contributed by atoms with E-state index in [2.05, 4.69) is 42.9 Å². The van der Waals surface area contributed by atoms with Crippen molar-refractivity contribution in [3.63, 3.8) is 0 Å². The van der Waals surface area contributed by atoms with E-state index in [-0.39, 0.29) is 0 Å². The van der Waals surface area contributed by atoms with Crippen molar-refractivity contribution in [1.29, 1.82) is 0 Å². The number of halogens is 3. The summed E-state index contributed by atoms with van der Waals surface area (Å²) in [7, 11) is -6.09. The molecule has 0 bridgehead atoms. The lowest BCUT2D eigenvalue weighted by Crippen LogP contribution is -2.32. The molecule has 116 valence electrons. The first-order valence-corrected chi connectivity index (χ1v) is 7.52. The van der Waals surface area contributed by atoms with E-state index in [0.717, 1.165) is 6.54 Å². The van der Waals surface area contributed by atoms with Crippen LogP contribution in [0.3, 0.4) is 0 Å². The fourth-order valence-electron chi connectivity index (χ4n) is 1.35. The summed E-state index contributed by atoms with van der Waals surface area (Å²) in [6.07, 6.45) is 7.99. The fraction of sp³-hybridized carbons (Fsp3) is 0.583. The number of pyridine rings is 1. The summed E-state index contributed by atoms with van der Waals surface area (Å²) in [6, 6.07) is 4.44. The highest BCUT2D eigenvalue weighted by Gasteiger charge is 2.36. The summed E-state index contributed by atoms with van der Waals surface area (Å²) >= 11 is 0. The average Bonchev–Trinajstić information content (AvgIpc) is 2.30. The third-order valence-corrected chi connectivity index (χ3v) is 2.83. The van der Waals surface area contributed by atoms with Gasteiger partial charge in [0.15, 0.2) is 22.5 Å². The van der Waals surface area contributed by atoms with E-state index in [4.69, 9.17) is 13.0 Å². The van der Waals surface area contributed by atoms with Crippen LogP contribution in [0, 0.1) is 0 Å². The first-order chi connectivity index (χ1) is 9.11. The van der Waals surface area contributed by atoms with Crippen LogP contribution >= 0.6 is 0 Å². The van der Waals surface area contributed by atoms with Crippen LogP contribution in [0.1, 0.15) is 32.3 Å². The molecule has 0 unspecified atom stereocenters. The van der Waals surface area contributed by atoms with Gasteiger partial charge in [0.25, 0.3) is 0 Å². The van der Waals surface area contributed by atoms with E-state index in [1.165, 1.54) is 24.8 Å². The van der Waals surface area contributed by atoms with E-state index < -0.39 is 15.6 Å². The number of hydrogen-bond acceptors (Lipinski definition) is 3.